The van der Waals surface area contributed by atoms with Gasteiger partial charge in [-0.2, -0.15) is 4.31 Å². The lowest BCUT2D eigenvalue weighted by Crippen LogP contribution is -2.30. The molecule has 1 heterocycles. The highest BCUT2D eigenvalue weighted by atomic mass is 35.5. The Balaban J connectivity index is 2.35. The van der Waals surface area contributed by atoms with Crippen LogP contribution >= 0.6 is 22.9 Å². The summed E-state index contributed by atoms with van der Waals surface area (Å²) in [4.78, 5) is 0.902. The first-order chi connectivity index (χ1) is 11.1. The average Bonchev–Trinajstić information content (AvgIpc) is 2.91. The Morgan fingerprint density at radius 1 is 1.08 bits per heavy atom. The topological polar surface area (TPSA) is 71.5 Å². The average molecular weight is 406 g/mol. The van der Waals surface area contributed by atoms with Crippen LogP contribution in [0.2, 0.25) is 4.34 Å². The number of sulfone groups is 1. The highest BCUT2D eigenvalue weighted by Crippen LogP contribution is 2.26. The minimum absolute atomic E-state index is 0.0272. The molecule has 0 atom stereocenters. The molecule has 2 rings (SSSR count). The van der Waals surface area contributed by atoms with Gasteiger partial charge in [0.15, 0.2) is 9.84 Å². The van der Waals surface area contributed by atoms with Crippen molar-refractivity contribution in [3.05, 3.63) is 58.3 Å². The SMILES string of the molecule is C=CCN(Cc1ccc(Cl)s1)S(=O)(=O)c1ccc(S(C)(=O)=O)cc1. The van der Waals surface area contributed by atoms with Crippen LogP contribution in [-0.4, -0.2) is 33.9 Å². The van der Waals surface area contributed by atoms with E-state index in [2.05, 4.69) is 6.58 Å². The second-order valence-electron chi connectivity index (χ2n) is 5.04. The quantitative estimate of drug-likeness (QED) is 0.663. The first-order valence-corrected chi connectivity index (χ1v) is 11.3. The van der Waals surface area contributed by atoms with Gasteiger partial charge in [0.05, 0.1) is 14.1 Å². The summed E-state index contributed by atoms with van der Waals surface area (Å²) in [6, 6.07) is 8.64. The van der Waals surface area contributed by atoms with Crippen molar-refractivity contribution in [2.75, 3.05) is 12.8 Å². The van der Waals surface area contributed by atoms with Crippen LogP contribution in [0.15, 0.2) is 58.8 Å². The van der Waals surface area contributed by atoms with Gasteiger partial charge < -0.3 is 0 Å². The summed E-state index contributed by atoms with van der Waals surface area (Å²) >= 11 is 7.19. The molecule has 0 saturated heterocycles. The van der Waals surface area contributed by atoms with E-state index in [9.17, 15) is 16.8 Å². The van der Waals surface area contributed by atoms with E-state index in [1.165, 1.54) is 46.0 Å². The number of benzene rings is 1. The molecule has 0 unspecified atom stereocenters. The molecule has 9 heteroatoms. The second kappa shape index (κ2) is 7.37. The third kappa shape index (κ3) is 4.46. The van der Waals surface area contributed by atoms with Crippen LogP contribution < -0.4 is 0 Å². The van der Waals surface area contributed by atoms with Gasteiger partial charge in [0.2, 0.25) is 10.0 Å². The zero-order valence-corrected chi connectivity index (χ0v) is 16.1. The van der Waals surface area contributed by atoms with E-state index in [1.807, 2.05) is 0 Å². The van der Waals surface area contributed by atoms with Gasteiger partial charge in [-0.3, -0.25) is 0 Å². The van der Waals surface area contributed by atoms with Crippen molar-refractivity contribution >= 4 is 42.8 Å². The van der Waals surface area contributed by atoms with E-state index in [0.717, 1.165) is 11.1 Å². The summed E-state index contributed by atoms with van der Waals surface area (Å²) in [6.07, 6.45) is 2.57. The molecular weight excluding hydrogens is 390 g/mol. The maximum Gasteiger partial charge on any atom is 0.243 e. The predicted octanol–water partition coefficient (Wildman–Crippen LogP) is 3.18. The van der Waals surface area contributed by atoms with Crippen molar-refractivity contribution < 1.29 is 16.8 Å². The molecule has 130 valence electrons. The van der Waals surface area contributed by atoms with Gasteiger partial charge in [-0.25, -0.2) is 16.8 Å². The van der Waals surface area contributed by atoms with Crippen LogP contribution in [0.5, 0.6) is 0 Å². The number of sulfonamides is 1. The molecule has 0 aliphatic carbocycles. The standard InChI is InChI=1S/C15H16ClNO4S3/c1-3-10-17(11-12-4-9-15(16)22-12)24(20,21)14-7-5-13(6-8-14)23(2,18)19/h3-9H,1,10-11H2,2H3. The molecule has 0 fully saturated rings. The van der Waals surface area contributed by atoms with Crippen LogP contribution in [0.1, 0.15) is 4.88 Å². The minimum Gasteiger partial charge on any atom is -0.224 e. The number of rotatable bonds is 7. The van der Waals surface area contributed by atoms with Crippen molar-refractivity contribution in [3.8, 4) is 0 Å². The minimum atomic E-state index is -3.78. The van der Waals surface area contributed by atoms with Gasteiger partial charge in [0, 0.05) is 24.2 Å². The zero-order chi connectivity index (χ0) is 18.0. The number of nitrogens with zero attached hydrogens (tertiary/aromatic N) is 1. The van der Waals surface area contributed by atoms with Crippen LogP contribution in [0.25, 0.3) is 0 Å². The summed E-state index contributed by atoms with van der Waals surface area (Å²) < 4.78 is 50.4. The normalized spacial score (nSPS) is 12.5. The molecule has 0 spiro atoms. The predicted molar refractivity (Wildman–Crippen MR) is 96.7 cm³/mol. The molecule has 0 bridgehead atoms. The maximum atomic E-state index is 12.8. The molecule has 0 radical (unpaired) electrons. The van der Waals surface area contributed by atoms with E-state index < -0.39 is 19.9 Å². The lowest BCUT2D eigenvalue weighted by atomic mass is 10.4. The van der Waals surface area contributed by atoms with Gasteiger partial charge in [-0.15, -0.1) is 17.9 Å². The van der Waals surface area contributed by atoms with Crippen LogP contribution in [0.4, 0.5) is 0 Å². The lowest BCUT2D eigenvalue weighted by molar-refractivity contribution is 0.441. The Bertz CT molecular complexity index is 931. The largest absolute Gasteiger partial charge is 0.243 e. The maximum absolute atomic E-state index is 12.8. The van der Waals surface area contributed by atoms with E-state index in [4.69, 9.17) is 11.6 Å². The molecule has 0 saturated carbocycles. The molecule has 1 aromatic heterocycles. The fourth-order valence-electron chi connectivity index (χ4n) is 2.01. The van der Waals surface area contributed by atoms with E-state index in [0.29, 0.717) is 4.34 Å². The Kier molecular flexibility index (Phi) is 5.87. The molecular formula is C15H16ClNO4S3. The Morgan fingerprint density at radius 3 is 2.12 bits per heavy atom. The van der Waals surface area contributed by atoms with Crippen molar-refractivity contribution in [1.82, 2.24) is 4.31 Å². The van der Waals surface area contributed by atoms with Crippen LogP contribution in [0.3, 0.4) is 0 Å². The number of thiophene rings is 1. The smallest absolute Gasteiger partial charge is 0.224 e. The van der Waals surface area contributed by atoms with E-state index >= 15 is 0 Å². The second-order valence-corrected chi connectivity index (χ2v) is 10.8. The van der Waals surface area contributed by atoms with Crippen LogP contribution in [-0.2, 0) is 26.4 Å². The van der Waals surface area contributed by atoms with Crippen molar-refractivity contribution in [2.24, 2.45) is 0 Å². The lowest BCUT2D eigenvalue weighted by Gasteiger charge is -2.20. The molecule has 0 aliphatic rings. The van der Waals surface area contributed by atoms with Gasteiger partial charge in [-0.05, 0) is 36.4 Å². The summed E-state index contributed by atoms with van der Waals surface area (Å²) in [6.45, 7) is 3.89. The Morgan fingerprint density at radius 2 is 1.67 bits per heavy atom. The molecule has 1 aromatic carbocycles. The zero-order valence-electron chi connectivity index (χ0n) is 12.8. The molecule has 0 N–H and O–H groups in total. The summed E-state index contributed by atoms with van der Waals surface area (Å²) in [5.41, 5.74) is 0. The van der Waals surface area contributed by atoms with Crippen molar-refractivity contribution in [2.45, 2.75) is 16.3 Å². The summed E-state index contributed by atoms with van der Waals surface area (Å²) in [5.74, 6) is 0. The third-order valence-corrected chi connectivity index (χ3v) is 7.35. The van der Waals surface area contributed by atoms with Gasteiger partial charge in [0.25, 0.3) is 0 Å². The highest BCUT2D eigenvalue weighted by Gasteiger charge is 2.24. The Hall–Kier alpha value is -1.19. The number of halogens is 1. The van der Waals surface area contributed by atoms with Crippen molar-refractivity contribution in [1.29, 1.82) is 0 Å². The molecule has 2 aromatic rings. The van der Waals surface area contributed by atoms with Gasteiger partial charge in [0.1, 0.15) is 0 Å². The molecule has 5 nitrogen and oxygen atoms in total. The molecule has 0 aliphatic heterocycles. The van der Waals surface area contributed by atoms with Gasteiger partial charge in [-0.1, -0.05) is 17.7 Å². The third-order valence-electron chi connectivity index (χ3n) is 3.18. The fraction of sp³-hybridized carbons (Fsp3) is 0.200. The number of hydrogen-bond acceptors (Lipinski definition) is 5. The van der Waals surface area contributed by atoms with E-state index in [-0.39, 0.29) is 22.9 Å². The molecule has 24 heavy (non-hydrogen) atoms. The summed E-state index contributed by atoms with van der Waals surface area (Å²) in [7, 11) is -7.16. The summed E-state index contributed by atoms with van der Waals surface area (Å²) in [5, 5.41) is 0. The monoisotopic (exact) mass is 405 g/mol. The van der Waals surface area contributed by atoms with Crippen LogP contribution in [0, 0.1) is 0 Å². The first kappa shape index (κ1) is 19.1. The molecule has 0 amide bonds. The fourth-order valence-corrected chi connectivity index (χ4v) is 5.21. The van der Waals surface area contributed by atoms with E-state index in [1.54, 1.807) is 12.1 Å². The van der Waals surface area contributed by atoms with Gasteiger partial charge >= 0.3 is 0 Å². The highest BCUT2D eigenvalue weighted by molar-refractivity contribution is 7.90. The number of hydrogen-bond donors (Lipinski definition) is 0. The Labute approximate surface area is 151 Å². The first-order valence-electron chi connectivity index (χ1n) is 6.80. The van der Waals surface area contributed by atoms with Crippen molar-refractivity contribution in [3.63, 3.8) is 0 Å².